The van der Waals surface area contributed by atoms with Gasteiger partial charge in [-0.3, -0.25) is 14.8 Å². The first kappa shape index (κ1) is 23.9. The molecular weight excluding hydrogens is 452 g/mol. The first-order chi connectivity index (χ1) is 17.7. The van der Waals surface area contributed by atoms with Gasteiger partial charge in [0.2, 0.25) is 0 Å². The summed E-state index contributed by atoms with van der Waals surface area (Å²) >= 11 is 0. The van der Waals surface area contributed by atoms with Gasteiger partial charge in [-0.1, -0.05) is 12.1 Å². The van der Waals surface area contributed by atoms with Gasteiger partial charge in [-0.05, 0) is 86.6 Å². The summed E-state index contributed by atoms with van der Waals surface area (Å²) in [4.78, 5) is 16.4. The number of ether oxygens (including phenoxy) is 2. The monoisotopic (exact) mass is 484 g/mol. The summed E-state index contributed by atoms with van der Waals surface area (Å²) in [5.41, 5.74) is 4.58. The molecule has 7 nitrogen and oxygen atoms in total. The van der Waals surface area contributed by atoms with Crippen LogP contribution in [0.4, 0.5) is 5.69 Å². The molecule has 1 aliphatic carbocycles. The number of methoxy groups -OCH3 is 1. The Morgan fingerprint density at radius 1 is 1.06 bits per heavy atom. The Bertz CT molecular complexity index is 1200. The van der Waals surface area contributed by atoms with Crippen molar-refractivity contribution in [3.63, 3.8) is 0 Å². The summed E-state index contributed by atoms with van der Waals surface area (Å²) in [5, 5.41) is 9.99. The number of pyridine rings is 1. The van der Waals surface area contributed by atoms with E-state index in [1.165, 1.54) is 12.8 Å². The van der Waals surface area contributed by atoms with Crippen LogP contribution in [-0.4, -0.2) is 41.4 Å². The predicted octanol–water partition coefficient (Wildman–Crippen LogP) is 5.66. The summed E-state index contributed by atoms with van der Waals surface area (Å²) in [7, 11) is 1.69. The van der Waals surface area contributed by atoms with E-state index < -0.39 is 0 Å². The number of carbonyl (C=O) groups is 1. The number of aromatic nitrogens is 1. The molecule has 2 aromatic carbocycles. The zero-order valence-electron chi connectivity index (χ0n) is 20.7. The molecule has 1 N–H and O–H groups in total. The molecule has 0 unspecified atom stereocenters. The summed E-state index contributed by atoms with van der Waals surface area (Å²) in [6.07, 6.45) is 10.1. The number of anilines is 1. The van der Waals surface area contributed by atoms with Crippen LogP contribution in [-0.2, 0) is 6.54 Å². The summed E-state index contributed by atoms with van der Waals surface area (Å²) in [6.45, 7) is 1.62. The van der Waals surface area contributed by atoms with E-state index in [9.17, 15) is 4.79 Å². The second kappa shape index (κ2) is 11.2. The molecular formula is C29H32N4O3. The zero-order valence-corrected chi connectivity index (χ0v) is 20.7. The number of hydrogen-bond acceptors (Lipinski definition) is 6. The van der Waals surface area contributed by atoms with Gasteiger partial charge in [0, 0.05) is 30.2 Å². The number of carbonyl (C=O) groups excluding carboxylic acids is 1. The van der Waals surface area contributed by atoms with Crippen molar-refractivity contribution in [1.82, 2.24) is 9.99 Å². The molecule has 36 heavy (non-hydrogen) atoms. The molecule has 0 spiro atoms. The summed E-state index contributed by atoms with van der Waals surface area (Å²) < 4.78 is 11.8. The lowest BCUT2D eigenvalue weighted by Gasteiger charge is -2.26. The lowest BCUT2D eigenvalue weighted by Crippen LogP contribution is -2.26. The Morgan fingerprint density at radius 3 is 2.64 bits per heavy atom. The van der Waals surface area contributed by atoms with Crippen molar-refractivity contribution in [2.75, 3.05) is 19.0 Å². The number of hydrogen-bond donors (Lipinski definition) is 1. The molecule has 0 saturated heterocycles. The van der Waals surface area contributed by atoms with Gasteiger partial charge >= 0.3 is 0 Å². The molecule has 5 rings (SSSR count). The van der Waals surface area contributed by atoms with Gasteiger partial charge in [0.1, 0.15) is 0 Å². The Labute approximate surface area is 212 Å². The largest absolute Gasteiger partial charge is 0.493 e. The molecule has 1 aromatic heterocycles. The third-order valence-corrected chi connectivity index (χ3v) is 6.69. The number of amides is 1. The summed E-state index contributed by atoms with van der Waals surface area (Å²) in [6, 6.07) is 17.5. The van der Waals surface area contributed by atoms with Crippen LogP contribution in [0.25, 0.3) is 0 Å². The lowest BCUT2D eigenvalue weighted by atomic mass is 10.0. The molecule has 1 amide bonds. The summed E-state index contributed by atoms with van der Waals surface area (Å²) in [5.74, 6) is 1.41. The molecule has 0 atom stereocenters. The first-order valence-corrected chi connectivity index (χ1v) is 12.7. The van der Waals surface area contributed by atoms with Gasteiger partial charge in [-0.25, -0.2) is 0 Å². The van der Waals surface area contributed by atoms with Crippen LogP contribution >= 0.6 is 0 Å². The number of nitrogens with zero attached hydrogens (tertiary/aromatic N) is 3. The maximum absolute atomic E-state index is 12.4. The van der Waals surface area contributed by atoms with E-state index in [0.717, 1.165) is 66.3 Å². The van der Waals surface area contributed by atoms with Crippen LogP contribution in [0.15, 0.2) is 72.1 Å². The number of rotatable bonds is 8. The van der Waals surface area contributed by atoms with Crippen LogP contribution < -0.4 is 14.8 Å². The smallest absolute Gasteiger partial charge is 0.257 e. The molecule has 0 radical (unpaired) electrons. The van der Waals surface area contributed by atoms with Crippen molar-refractivity contribution in [2.24, 2.45) is 5.10 Å². The van der Waals surface area contributed by atoms with Crippen LogP contribution in [0.5, 0.6) is 11.5 Å². The standard InChI is InChI=1S/C29H32N4O3/c1-35-27-15-12-22(18-28(27)36-25-7-2-3-8-25)26-9-5-17-33(32-26)20-21-10-13-24(14-11-21)31-29(34)23-6-4-16-30-19-23/h4,6,10-16,18-19,25H,2-3,5,7-9,17,20H2,1H3,(H,31,34). The highest BCUT2D eigenvalue weighted by Crippen LogP contribution is 2.33. The average molecular weight is 485 g/mol. The highest BCUT2D eigenvalue weighted by atomic mass is 16.5. The molecule has 1 aliphatic heterocycles. The van der Waals surface area contributed by atoms with E-state index in [-0.39, 0.29) is 12.0 Å². The second-order valence-corrected chi connectivity index (χ2v) is 9.32. The highest BCUT2D eigenvalue weighted by Gasteiger charge is 2.20. The van der Waals surface area contributed by atoms with Gasteiger partial charge in [-0.15, -0.1) is 0 Å². The number of benzene rings is 2. The zero-order chi connectivity index (χ0) is 24.7. The third-order valence-electron chi connectivity index (χ3n) is 6.69. The Hall–Kier alpha value is -3.87. The fourth-order valence-corrected chi connectivity index (χ4v) is 4.75. The number of hydrazone groups is 1. The van der Waals surface area contributed by atoms with E-state index in [1.54, 1.807) is 31.6 Å². The topological polar surface area (TPSA) is 76.0 Å². The van der Waals surface area contributed by atoms with Gasteiger partial charge in [0.05, 0.1) is 31.0 Å². The minimum atomic E-state index is -0.170. The van der Waals surface area contributed by atoms with Crippen molar-refractivity contribution in [3.8, 4) is 11.5 Å². The second-order valence-electron chi connectivity index (χ2n) is 9.32. The minimum absolute atomic E-state index is 0.170. The van der Waals surface area contributed by atoms with E-state index in [0.29, 0.717) is 12.1 Å². The van der Waals surface area contributed by atoms with Crippen molar-refractivity contribution in [2.45, 2.75) is 51.2 Å². The first-order valence-electron chi connectivity index (χ1n) is 12.7. The number of nitrogens with one attached hydrogen (secondary N) is 1. The van der Waals surface area contributed by atoms with Crippen LogP contribution in [0.3, 0.4) is 0 Å². The van der Waals surface area contributed by atoms with Gasteiger partial charge < -0.3 is 14.8 Å². The molecule has 7 heteroatoms. The van der Waals surface area contributed by atoms with Crippen molar-refractivity contribution >= 4 is 17.3 Å². The van der Waals surface area contributed by atoms with Crippen LogP contribution in [0, 0.1) is 0 Å². The molecule has 3 aromatic rings. The maximum atomic E-state index is 12.4. The van der Waals surface area contributed by atoms with E-state index in [2.05, 4.69) is 27.4 Å². The fourth-order valence-electron chi connectivity index (χ4n) is 4.75. The molecule has 1 saturated carbocycles. The predicted molar refractivity (Wildman–Crippen MR) is 141 cm³/mol. The molecule has 186 valence electrons. The van der Waals surface area contributed by atoms with Gasteiger partial charge in [0.25, 0.3) is 5.91 Å². The minimum Gasteiger partial charge on any atom is -0.493 e. The average Bonchev–Trinajstić information content (AvgIpc) is 3.43. The van der Waals surface area contributed by atoms with Gasteiger partial charge in [0.15, 0.2) is 11.5 Å². The van der Waals surface area contributed by atoms with Crippen LogP contribution in [0.2, 0.25) is 0 Å². The Balaban J connectivity index is 1.25. The highest BCUT2D eigenvalue weighted by molar-refractivity contribution is 6.04. The fraction of sp³-hybridized carbons (Fsp3) is 0.345. The van der Waals surface area contributed by atoms with Gasteiger partial charge in [-0.2, -0.15) is 5.10 Å². The molecule has 2 aliphatic rings. The van der Waals surface area contributed by atoms with Crippen LogP contribution in [0.1, 0.15) is 60.0 Å². The molecule has 1 fully saturated rings. The molecule has 2 heterocycles. The van der Waals surface area contributed by atoms with Crippen molar-refractivity contribution < 1.29 is 14.3 Å². The molecule has 0 bridgehead atoms. The van der Waals surface area contributed by atoms with E-state index >= 15 is 0 Å². The van der Waals surface area contributed by atoms with Crippen molar-refractivity contribution in [1.29, 1.82) is 0 Å². The third kappa shape index (κ3) is 5.85. The van der Waals surface area contributed by atoms with E-state index in [1.807, 2.05) is 30.3 Å². The Morgan fingerprint density at radius 2 is 1.89 bits per heavy atom. The maximum Gasteiger partial charge on any atom is 0.257 e. The van der Waals surface area contributed by atoms with Crippen molar-refractivity contribution in [3.05, 3.63) is 83.7 Å². The lowest BCUT2D eigenvalue weighted by molar-refractivity contribution is 0.102. The normalized spacial score (nSPS) is 15.9. The SMILES string of the molecule is COc1ccc(C2=NN(Cc3ccc(NC(=O)c4cccnc4)cc3)CCC2)cc1OC1CCCC1. The van der Waals surface area contributed by atoms with E-state index in [4.69, 9.17) is 14.6 Å². The Kier molecular flexibility index (Phi) is 7.45. The quantitative estimate of drug-likeness (QED) is 0.446.